The van der Waals surface area contributed by atoms with E-state index in [4.69, 9.17) is 4.42 Å². The number of halogens is 3. The van der Waals surface area contributed by atoms with E-state index in [9.17, 15) is 31.2 Å². The molecule has 118 valence electrons. The van der Waals surface area contributed by atoms with Crippen molar-refractivity contribution in [1.29, 1.82) is 0 Å². The topological polar surface area (TPSA) is 90.7 Å². The summed E-state index contributed by atoms with van der Waals surface area (Å²) in [5, 5.41) is 0.262. The van der Waals surface area contributed by atoms with Crippen LogP contribution in [-0.2, 0) is 10.1 Å². The van der Waals surface area contributed by atoms with Crippen molar-refractivity contribution in [2.75, 3.05) is 0 Å². The molecule has 0 aliphatic rings. The van der Waals surface area contributed by atoms with Crippen LogP contribution in [0.4, 0.5) is 13.2 Å². The molecule has 0 N–H and O–H groups in total. The molecule has 0 saturated carbocycles. The Morgan fingerprint density at radius 3 is 2.45 bits per heavy atom. The van der Waals surface area contributed by atoms with Gasteiger partial charge in [0.2, 0.25) is 0 Å². The van der Waals surface area contributed by atoms with Gasteiger partial charge in [-0.15, -0.1) is 0 Å². The van der Waals surface area contributed by atoms with E-state index in [1.54, 1.807) is 0 Å². The number of aryl methyl sites for hydroxylation is 1. The summed E-state index contributed by atoms with van der Waals surface area (Å²) in [6.45, 7) is 1.51. The summed E-state index contributed by atoms with van der Waals surface area (Å²) < 4.78 is 67.7. The monoisotopic (exact) mass is 336 g/mol. The lowest BCUT2D eigenvalue weighted by Crippen LogP contribution is -2.28. The highest BCUT2D eigenvalue weighted by molar-refractivity contribution is 7.88. The Hall–Kier alpha value is -2.36. The molecule has 0 amide bonds. The van der Waals surface area contributed by atoms with E-state index in [-0.39, 0.29) is 17.3 Å². The van der Waals surface area contributed by atoms with Gasteiger partial charge >= 0.3 is 21.3 Å². The first-order chi connectivity index (χ1) is 10.1. The second-order valence-electron chi connectivity index (χ2n) is 4.20. The quantitative estimate of drug-likeness (QED) is 0.369. The van der Waals surface area contributed by atoms with Gasteiger partial charge in [0.1, 0.15) is 5.56 Å². The minimum atomic E-state index is -5.95. The molecule has 0 spiro atoms. The van der Waals surface area contributed by atoms with E-state index in [0.29, 0.717) is 5.56 Å². The Morgan fingerprint density at radius 1 is 1.27 bits per heavy atom. The summed E-state index contributed by atoms with van der Waals surface area (Å²) >= 11 is 0. The van der Waals surface area contributed by atoms with E-state index < -0.39 is 32.6 Å². The maximum Gasteiger partial charge on any atom is 0.534 e. The zero-order chi connectivity index (χ0) is 16.7. The lowest BCUT2D eigenvalue weighted by atomic mass is 10.1. The zero-order valence-electron chi connectivity index (χ0n) is 10.8. The fourth-order valence-electron chi connectivity index (χ4n) is 1.74. The standard InChI is InChI=1S/C12H7F3O6S/c1-6-4-10(17)20-11-7(6)2-3-9(8(11)5-16)21-22(18,19)12(13,14)15/h2-5H,1H3. The highest BCUT2D eigenvalue weighted by atomic mass is 32.2. The number of fused-ring (bicyclic) bond motifs is 1. The van der Waals surface area contributed by atoms with Gasteiger partial charge in [-0.1, -0.05) is 0 Å². The van der Waals surface area contributed by atoms with Gasteiger partial charge in [0.05, 0.1) is 0 Å². The third kappa shape index (κ3) is 2.69. The van der Waals surface area contributed by atoms with Gasteiger partial charge in [-0.05, 0) is 24.6 Å². The zero-order valence-corrected chi connectivity index (χ0v) is 11.6. The Labute approximate surface area is 121 Å². The van der Waals surface area contributed by atoms with Gasteiger partial charge in [0.15, 0.2) is 17.6 Å². The van der Waals surface area contributed by atoms with Gasteiger partial charge in [-0.25, -0.2) is 4.79 Å². The third-order valence-electron chi connectivity index (χ3n) is 2.72. The highest BCUT2D eigenvalue weighted by Crippen LogP contribution is 2.32. The number of benzene rings is 1. The number of hydrogen-bond donors (Lipinski definition) is 0. The Balaban J connectivity index is 2.72. The van der Waals surface area contributed by atoms with E-state index >= 15 is 0 Å². The van der Waals surface area contributed by atoms with Crippen molar-refractivity contribution in [1.82, 2.24) is 0 Å². The molecule has 1 aromatic heterocycles. The van der Waals surface area contributed by atoms with Crippen LogP contribution >= 0.6 is 0 Å². The molecule has 2 rings (SSSR count). The van der Waals surface area contributed by atoms with Crippen molar-refractivity contribution in [3.63, 3.8) is 0 Å². The molecule has 6 nitrogen and oxygen atoms in total. The van der Waals surface area contributed by atoms with Gasteiger partial charge in [-0.3, -0.25) is 4.79 Å². The second-order valence-corrected chi connectivity index (χ2v) is 5.74. The summed E-state index contributed by atoms with van der Waals surface area (Å²) in [6, 6.07) is 3.17. The molecule has 1 heterocycles. The van der Waals surface area contributed by atoms with Crippen LogP contribution in [0.3, 0.4) is 0 Å². The first-order valence-corrected chi connectivity index (χ1v) is 7.01. The van der Waals surface area contributed by atoms with E-state index in [1.165, 1.54) is 13.0 Å². The Bertz CT molecular complexity index is 911. The van der Waals surface area contributed by atoms with Crippen LogP contribution in [0.2, 0.25) is 0 Å². The molecule has 0 bridgehead atoms. The maximum atomic E-state index is 12.3. The van der Waals surface area contributed by atoms with Crippen molar-refractivity contribution >= 4 is 27.4 Å². The van der Waals surface area contributed by atoms with Crippen LogP contribution in [0.1, 0.15) is 15.9 Å². The minimum absolute atomic E-state index is 0.0476. The summed E-state index contributed by atoms with van der Waals surface area (Å²) in [4.78, 5) is 22.4. The minimum Gasteiger partial charge on any atom is -0.422 e. The summed E-state index contributed by atoms with van der Waals surface area (Å²) in [6.07, 6.45) is 0.0476. The van der Waals surface area contributed by atoms with Crippen LogP contribution < -0.4 is 9.81 Å². The summed E-state index contributed by atoms with van der Waals surface area (Å²) in [5.74, 6) is -0.881. The fourth-order valence-corrected chi connectivity index (χ4v) is 2.21. The van der Waals surface area contributed by atoms with Crippen molar-refractivity contribution in [3.8, 4) is 5.75 Å². The SMILES string of the molecule is Cc1cc(=O)oc2c(C=O)c(OS(=O)(=O)C(F)(F)F)ccc12. The number of carbonyl (C=O) groups excluding carboxylic acids is 1. The molecular weight excluding hydrogens is 329 g/mol. The maximum absolute atomic E-state index is 12.3. The molecule has 0 aliphatic carbocycles. The molecule has 10 heteroatoms. The normalized spacial score (nSPS) is 12.4. The largest absolute Gasteiger partial charge is 0.534 e. The second kappa shape index (κ2) is 5.13. The fraction of sp³-hybridized carbons (Fsp3) is 0.167. The molecule has 22 heavy (non-hydrogen) atoms. The van der Waals surface area contributed by atoms with E-state index in [2.05, 4.69) is 4.18 Å². The first kappa shape index (κ1) is 16.0. The van der Waals surface area contributed by atoms with E-state index in [1.807, 2.05) is 0 Å². The average molecular weight is 336 g/mol. The molecule has 1 aromatic carbocycles. The summed E-state index contributed by atoms with van der Waals surface area (Å²) in [5.41, 5.74) is -7.06. The first-order valence-electron chi connectivity index (χ1n) is 5.60. The van der Waals surface area contributed by atoms with Gasteiger partial charge in [-0.2, -0.15) is 21.6 Å². The van der Waals surface area contributed by atoms with Crippen LogP contribution in [-0.4, -0.2) is 20.2 Å². The molecule has 0 saturated heterocycles. The van der Waals surface area contributed by atoms with Crippen molar-refractivity contribution in [2.45, 2.75) is 12.4 Å². The number of rotatable bonds is 3. The molecule has 0 atom stereocenters. The molecular formula is C12H7F3O6S. The Morgan fingerprint density at radius 2 is 1.91 bits per heavy atom. The van der Waals surface area contributed by atoms with Gasteiger partial charge in [0, 0.05) is 11.5 Å². The smallest absolute Gasteiger partial charge is 0.422 e. The Kier molecular flexibility index (Phi) is 3.73. The number of alkyl halides is 3. The molecule has 0 fully saturated rings. The van der Waals surface area contributed by atoms with Crippen molar-refractivity contribution < 1.29 is 35.0 Å². The lowest BCUT2D eigenvalue weighted by molar-refractivity contribution is -0.0500. The average Bonchev–Trinajstić information content (AvgIpc) is 2.36. The number of aldehydes is 1. The predicted molar refractivity (Wildman–Crippen MR) is 68.2 cm³/mol. The van der Waals surface area contributed by atoms with E-state index in [0.717, 1.165) is 12.1 Å². The molecule has 2 aromatic rings. The summed E-state index contributed by atoms with van der Waals surface area (Å²) in [7, 11) is -5.95. The molecule has 0 radical (unpaired) electrons. The highest BCUT2D eigenvalue weighted by Gasteiger charge is 2.48. The van der Waals surface area contributed by atoms with Crippen molar-refractivity contribution in [3.05, 3.63) is 39.7 Å². The van der Waals surface area contributed by atoms with Gasteiger partial charge in [0.25, 0.3) is 0 Å². The van der Waals surface area contributed by atoms with Crippen LogP contribution in [0, 0.1) is 6.92 Å². The van der Waals surface area contributed by atoms with Crippen LogP contribution in [0.5, 0.6) is 5.75 Å². The van der Waals surface area contributed by atoms with Crippen LogP contribution in [0.15, 0.2) is 27.4 Å². The lowest BCUT2D eigenvalue weighted by Gasteiger charge is -2.12. The predicted octanol–water partition coefficient (Wildman–Crippen LogP) is 2.14. The number of hydrogen-bond acceptors (Lipinski definition) is 6. The van der Waals surface area contributed by atoms with Gasteiger partial charge < -0.3 is 8.60 Å². The third-order valence-corrected chi connectivity index (χ3v) is 3.68. The molecule has 0 unspecified atom stereocenters. The van der Waals surface area contributed by atoms with Crippen molar-refractivity contribution in [2.24, 2.45) is 0 Å². The number of carbonyl (C=O) groups is 1. The molecule has 0 aliphatic heterocycles. The van der Waals surface area contributed by atoms with Crippen LogP contribution in [0.25, 0.3) is 11.0 Å².